The summed E-state index contributed by atoms with van der Waals surface area (Å²) in [6.45, 7) is 1.07. The van der Waals surface area contributed by atoms with E-state index in [1.54, 1.807) is 7.11 Å². The van der Waals surface area contributed by atoms with Crippen molar-refractivity contribution in [2.75, 3.05) is 25.6 Å². The summed E-state index contributed by atoms with van der Waals surface area (Å²) in [5.74, 6) is 1.12. The number of hydrogen-bond donors (Lipinski definition) is 2. The smallest absolute Gasteiger partial charge is 0.224 e. The minimum absolute atomic E-state index is 0. The van der Waals surface area contributed by atoms with Gasteiger partial charge in [-0.2, -0.15) is 0 Å². The van der Waals surface area contributed by atoms with Crippen LogP contribution in [0.4, 0.5) is 5.69 Å². The standard InChI is InChI=1S/C16H24N2O3.ClH/c1-20-9-10-21-14-7-5-13(6-8-14)18-16(19)11-12-3-2-4-15(12)17;/h5-8,12,15H,2-4,9-11,17H2,1H3,(H,18,19);1H/t12-,15+;/m0./s1. The zero-order chi connectivity index (χ0) is 15.1. The van der Waals surface area contributed by atoms with Gasteiger partial charge in [0.2, 0.25) is 5.91 Å². The lowest BCUT2D eigenvalue weighted by molar-refractivity contribution is -0.117. The van der Waals surface area contributed by atoms with Gasteiger partial charge in [0.05, 0.1) is 6.61 Å². The van der Waals surface area contributed by atoms with Crippen LogP contribution in [0.3, 0.4) is 0 Å². The van der Waals surface area contributed by atoms with Gasteiger partial charge in [-0.1, -0.05) is 6.42 Å². The molecule has 1 amide bonds. The predicted molar refractivity (Wildman–Crippen MR) is 89.6 cm³/mol. The van der Waals surface area contributed by atoms with E-state index in [-0.39, 0.29) is 24.4 Å². The third-order valence-electron chi connectivity index (χ3n) is 3.86. The molecule has 5 nitrogen and oxygen atoms in total. The molecule has 2 atom stereocenters. The highest BCUT2D eigenvalue weighted by atomic mass is 35.5. The van der Waals surface area contributed by atoms with Crippen molar-refractivity contribution < 1.29 is 14.3 Å². The Hall–Kier alpha value is -1.30. The number of halogens is 1. The average Bonchev–Trinajstić information content (AvgIpc) is 2.86. The first kappa shape index (κ1) is 18.7. The number of carbonyl (C=O) groups excluding carboxylic acids is 1. The minimum Gasteiger partial charge on any atom is -0.491 e. The van der Waals surface area contributed by atoms with Gasteiger partial charge in [0, 0.05) is 25.3 Å². The molecular weight excluding hydrogens is 304 g/mol. The Labute approximate surface area is 138 Å². The van der Waals surface area contributed by atoms with Crippen LogP contribution in [0.15, 0.2) is 24.3 Å². The normalized spacial score (nSPS) is 20.3. The van der Waals surface area contributed by atoms with Crippen molar-refractivity contribution >= 4 is 24.0 Å². The third kappa shape index (κ3) is 5.83. The number of anilines is 1. The predicted octanol–water partition coefficient (Wildman–Crippen LogP) is 2.59. The molecule has 124 valence electrons. The molecule has 1 saturated carbocycles. The fourth-order valence-corrected chi connectivity index (χ4v) is 2.65. The minimum atomic E-state index is 0. The van der Waals surface area contributed by atoms with Crippen molar-refractivity contribution in [3.05, 3.63) is 24.3 Å². The van der Waals surface area contributed by atoms with Gasteiger partial charge >= 0.3 is 0 Å². The Bertz CT molecular complexity index is 453. The van der Waals surface area contributed by atoms with Crippen LogP contribution in [-0.2, 0) is 9.53 Å². The Kier molecular flexibility index (Phi) is 8.24. The summed E-state index contributed by atoms with van der Waals surface area (Å²) in [5, 5.41) is 2.91. The number of nitrogens with two attached hydrogens (primary N) is 1. The van der Waals surface area contributed by atoms with Crippen LogP contribution in [0, 0.1) is 5.92 Å². The topological polar surface area (TPSA) is 73.6 Å². The molecule has 0 radical (unpaired) electrons. The van der Waals surface area contributed by atoms with Gasteiger partial charge in [-0.25, -0.2) is 0 Å². The molecule has 0 aromatic heterocycles. The van der Waals surface area contributed by atoms with Gasteiger partial charge in [0.1, 0.15) is 12.4 Å². The first-order valence-corrected chi connectivity index (χ1v) is 7.46. The fraction of sp³-hybridized carbons (Fsp3) is 0.562. The first-order valence-electron chi connectivity index (χ1n) is 7.46. The Balaban J connectivity index is 0.00000242. The molecule has 0 spiro atoms. The number of methoxy groups -OCH3 is 1. The summed E-state index contributed by atoms with van der Waals surface area (Å²) < 4.78 is 10.4. The largest absolute Gasteiger partial charge is 0.491 e. The van der Waals surface area contributed by atoms with Crippen LogP contribution in [0.1, 0.15) is 25.7 Å². The molecule has 1 aromatic rings. The van der Waals surface area contributed by atoms with E-state index in [2.05, 4.69) is 5.32 Å². The summed E-state index contributed by atoms with van der Waals surface area (Å²) in [6.07, 6.45) is 3.73. The molecule has 0 saturated heterocycles. The lowest BCUT2D eigenvalue weighted by Gasteiger charge is -2.15. The van der Waals surface area contributed by atoms with Crippen LogP contribution in [-0.4, -0.2) is 32.3 Å². The number of nitrogens with one attached hydrogen (secondary N) is 1. The molecule has 0 aliphatic heterocycles. The zero-order valence-corrected chi connectivity index (χ0v) is 13.7. The van der Waals surface area contributed by atoms with Crippen molar-refractivity contribution in [2.24, 2.45) is 11.7 Å². The molecule has 1 fully saturated rings. The summed E-state index contributed by atoms with van der Waals surface area (Å²) >= 11 is 0. The van der Waals surface area contributed by atoms with Gasteiger partial charge in [0.15, 0.2) is 0 Å². The maximum Gasteiger partial charge on any atom is 0.224 e. The first-order chi connectivity index (χ1) is 10.2. The van der Waals surface area contributed by atoms with Gasteiger partial charge in [-0.05, 0) is 43.0 Å². The molecule has 22 heavy (non-hydrogen) atoms. The van der Waals surface area contributed by atoms with Crippen molar-refractivity contribution in [1.29, 1.82) is 0 Å². The Morgan fingerprint density at radius 3 is 2.59 bits per heavy atom. The number of rotatable bonds is 7. The zero-order valence-electron chi connectivity index (χ0n) is 12.9. The second kappa shape index (κ2) is 9.66. The molecule has 1 aliphatic carbocycles. The maximum atomic E-state index is 12.0. The fourth-order valence-electron chi connectivity index (χ4n) is 2.65. The van der Waals surface area contributed by atoms with E-state index in [1.165, 1.54) is 0 Å². The molecule has 0 unspecified atom stereocenters. The van der Waals surface area contributed by atoms with Crippen LogP contribution in [0.2, 0.25) is 0 Å². The lowest BCUT2D eigenvalue weighted by atomic mass is 10.00. The number of benzene rings is 1. The van der Waals surface area contributed by atoms with Gasteiger partial charge in [0.25, 0.3) is 0 Å². The molecular formula is C16H25ClN2O3. The second-order valence-corrected chi connectivity index (χ2v) is 5.47. The van der Waals surface area contributed by atoms with E-state index in [0.29, 0.717) is 25.6 Å². The molecule has 1 aliphatic rings. The van der Waals surface area contributed by atoms with Gasteiger partial charge < -0.3 is 20.5 Å². The number of amides is 1. The van der Waals surface area contributed by atoms with E-state index in [0.717, 1.165) is 30.7 Å². The lowest BCUT2D eigenvalue weighted by Crippen LogP contribution is -2.28. The molecule has 3 N–H and O–H groups in total. The van der Waals surface area contributed by atoms with E-state index < -0.39 is 0 Å². The summed E-state index contributed by atoms with van der Waals surface area (Å²) in [5.41, 5.74) is 6.77. The summed E-state index contributed by atoms with van der Waals surface area (Å²) in [4.78, 5) is 12.0. The summed E-state index contributed by atoms with van der Waals surface area (Å²) in [7, 11) is 1.64. The second-order valence-electron chi connectivity index (χ2n) is 5.47. The highest BCUT2D eigenvalue weighted by molar-refractivity contribution is 5.90. The van der Waals surface area contributed by atoms with Crippen molar-refractivity contribution in [3.63, 3.8) is 0 Å². The number of hydrogen-bond acceptors (Lipinski definition) is 4. The monoisotopic (exact) mass is 328 g/mol. The van der Waals surface area contributed by atoms with Crippen LogP contribution >= 0.6 is 12.4 Å². The van der Waals surface area contributed by atoms with E-state index in [4.69, 9.17) is 15.2 Å². The maximum absolute atomic E-state index is 12.0. The Morgan fingerprint density at radius 1 is 1.27 bits per heavy atom. The quantitative estimate of drug-likeness (QED) is 0.754. The van der Waals surface area contributed by atoms with Crippen molar-refractivity contribution in [3.8, 4) is 5.75 Å². The highest BCUT2D eigenvalue weighted by Gasteiger charge is 2.25. The average molecular weight is 329 g/mol. The summed E-state index contributed by atoms with van der Waals surface area (Å²) in [6, 6.07) is 7.54. The molecule has 6 heteroatoms. The van der Waals surface area contributed by atoms with E-state index in [1.807, 2.05) is 24.3 Å². The van der Waals surface area contributed by atoms with Crippen molar-refractivity contribution in [1.82, 2.24) is 0 Å². The number of ether oxygens (including phenoxy) is 2. The van der Waals surface area contributed by atoms with Crippen LogP contribution in [0.5, 0.6) is 5.75 Å². The molecule has 1 aromatic carbocycles. The molecule has 0 heterocycles. The highest BCUT2D eigenvalue weighted by Crippen LogP contribution is 2.27. The SMILES string of the molecule is COCCOc1ccc(NC(=O)C[C@@H]2CCC[C@H]2N)cc1.Cl. The van der Waals surface area contributed by atoms with E-state index in [9.17, 15) is 4.79 Å². The van der Waals surface area contributed by atoms with Crippen LogP contribution < -0.4 is 15.8 Å². The molecule has 0 bridgehead atoms. The molecule has 2 rings (SSSR count). The third-order valence-corrected chi connectivity index (χ3v) is 3.86. The van der Waals surface area contributed by atoms with Crippen molar-refractivity contribution in [2.45, 2.75) is 31.7 Å². The van der Waals surface area contributed by atoms with E-state index >= 15 is 0 Å². The van der Waals surface area contributed by atoms with Gasteiger partial charge in [-0.15, -0.1) is 12.4 Å². The number of carbonyl (C=O) groups is 1. The Morgan fingerprint density at radius 2 is 2.00 bits per heavy atom. The van der Waals surface area contributed by atoms with Gasteiger partial charge in [-0.3, -0.25) is 4.79 Å². The van der Waals surface area contributed by atoms with Crippen LogP contribution in [0.25, 0.3) is 0 Å².